The Balaban J connectivity index is 2.25. The molecular formula is C13H18ClN3O. The fourth-order valence-electron chi connectivity index (χ4n) is 2.56. The van der Waals surface area contributed by atoms with Gasteiger partial charge in [-0.3, -0.25) is 9.78 Å². The van der Waals surface area contributed by atoms with E-state index in [4.69, 9.17) is 17.3 Å². The van der Waals surface area contributed by atoms with Crippen molar-refractivity contribution < 1.29 is 4.79 Å². The Hall–Kier alpha value is -1.13. The van der Waals surface area contributed by atoms with Gasteiger partial charge in [0.1, 0.15) is 0 Å². The molecule has 1 aliphatic rings. The summed E-state index contributed by atoms with van der Waals surface area (Å²) in [5.41, 5.74) is 6.31. The normalized spacial score (nSPS) is 24.1. The van der Waals surface area contributed by atoms with Crippen LogP contribution in [0.3, 0.4) is 0 Å². The van der Waals surface area contributed by atoms with E-state index in [2.05, 4.69) is 11.9 Å². The number of amides is 1. The quantitative estimate of drug-likeness (QED) is 0.891. The van der Waals surface area contributed by atoms with Crippen LogP contribution < -0.4 is 5.73 Å². The lowest BCUT2D eigenvalue weighted by Gasteiger charge is -2.39. The second-order valence-corrected chi connectivity index (χ2v) is 5.18. The maximum Gasteiger partial charge on any atom is 0.255 e. The van der Waals surface area contributed by atoms with E-state index < -0.39 is 0 Å². The maximum atomic E-state index is 12.5. The van der Waals surface area contributed by atoms with Crippen LogP contribution in [0, 0.1) is 5.92 Å². The molecule has 2 heterocycles. The molecule has 0 radical (unpaired) electrons. The summed E-state index contributed by atoms with van der Waals surface area (Å²) in [6, 6.07) is 1.77. The number of nitrogens with two attached hydrogens (primary N) is 1. The molecule has 2 rings (SSSR count). The van der Waals surface area contributed by atoms with Crippen molar-refractivity contribution in [2.75, 3.05) is 13.1 Å². The first-order valence-corrected chi connectivity index (χ1v) is 6.63. The molecule has 1 saturated heterocycles. The molecule has 1 amide bonds. The fraction of sp³-hybridized carbons (Fsp3) is 0.538. The summed E-state index contributed by atoms with van der Waals surface area (Å²) in [7, 11) is 0. The summed E-state index contributed by atoms with van der Waals surface area (Å²) in [5.74, 6) is 0.401. The number of rotatable bonds is 2. The zero-order valence-corrected chi connectivity index (χ0v) is 11.2. The van der Waals surface area contributed by atoms with Gasteiger partial charge in [-0.25, -0.2) is 0 Å². The van der Waals surface area contributed by atoms with Crippen LogP contribution in [0.2, 0.25) is 5.02 Å². The Morgan fingerprint density at radius 2 is 2.44 bits per heavy atom. The Kier molecular flexibility index (Phi) is 4.19. The van der Waals surface area contributed by atoms with Crippen LogP contribution in [0.5, 0.6) is 0 Å². The predicted octanol–water partition coefficient (Wildman–Crippen LogP) is 1.93. The van der Waals surface area contributed by atoms with Crippen molar-refractivity contribution in [2.24, 2.45) is 11.7 Å². The van der Waals surface area contributed by atoms with Crippen molar-refractivity contribution in [3.63, 3.8) is 0 Å². The van der Waals surface area contributed by atoms with Crippen molar-refractivity contribution in [2.45, 2.75) is 25.8 Å². The third-order valence-corrected chi connectivity index (χ3v) is 3.92. The zero-order valence-electron chi connectivity index (χ0n) is 10.5. The van der Waals surface area contributed by atoms with Gasteiger partial charge in [-0.15, -0.1) is 0 Å². The van der Waals surface area contributed by atoms with E-state index in [0.717, 1.165) is 19.4 Å². The first-order valence-electron chi connectivity index (χ1n) is 6.25. The Bertz CT molecular complexity index is 438. The molecule has 4 nitrogen and oxygen atoms in total. The summed E-state index contributed by atoms with van der Waals surface area (Å²) in [4.78, 5) is 18.2. The number of carbonyl (C=O) groups is 1. The van der Waals surface area contributed by atoms with E-state index in [9.17, 15) is 4.79 Å². The number of aromatic nitrogens is 1. The van der Waals surface area contributed by atoms with Gasteiger partial charge in [0, 0.05) is 31.5 Å². The van der Waals surface area contributed by atoms with Crippen molar-refractivity contribution in [3.8, 4) is 0 Å². The van der Waals surface area contributed by atoms with Gasteiger partial charge < -0.3 is 10.6 Å². The number of hydrogen-bond acceptors (Lipinski definition) is 3. The van der Waals surface area contributed by atoms with Crippen LogP contribution in [0.25, 0.3) is 0 Å². The van der Waals surface area contributed by atoms with Crippen LogP contribution in [-0.2, 0) is 0 Å². The third-order valence-electron chi connectivity index (χ3n) is 3.62. The Morgan fingerprint density at radius 1 is 1.67 bits per heavy atom. The van der Waals surface area contributed by atoms with Gasteiger partial charge in [-0.1, -0.05) is 18.5 Å². The average Bonchev–Trinajstić information content (AvgIpc) is 2.38. The minimum atomic E-state index is -0.0376. The number of hydrogen-bond donors (Lipinski definition) is 1. The summed E-state index contributed by atoms with van der Waals surface area (Å²) in [5, 5.41) is 0.400. The second kappa shape index (κ2) is 5.67. The van der Waals surface area contributed by atoms with Crippen LogP contribution in [0.15, 0.2) is 18.5 Å². The highest BCUT2D eigenvalue weighted by atomic mass is 35.5. The number of carbonyl (C=O) groups excluding carboxylic acids is 1. The van der Waals surface area contributed by atoms with Gasteiger partial charge in [0.2, 0.25) is 0 Å². The van der Waals surface area contributed by atoms with E-state index >= 15 is 0 Å². The topological polar surface area (TPSA) is 59.2 Å². The van der Waals surface area contributed by atoms with Crippen molar-refractivity contribution in [3.05, 3.63) is 29.0 Å². The Labute approximate surface area is 112 Å². The second-order valence-electron chi connectivity index (χ2n) is 4.78. The molecule has 0 aromatic carbocycles. The molecule has 0 spiro atoms. The number of halogens is 1. The molecule has 1 fully saturated rings. The van der Waals surface area contributed by atoms with Gasteiger partial charge in [0.05, 0.1) is 10.6 Å². The van der Waals surface area contributed by atoms with Crippen LogP contribution in [0.4, 0.5) is 0 Å². The molecule has 0 aliphatic carbocycles. The molecule has 0 saturated carbocycles. The van der Waals surface area contributed by atoms with Crippen molar-refractivity contribution >= 4 is 17.5 Å². The maximum absolute atomic E-state index is 12.5. The number of piperidine rings is 1. The van der Waals surface area contributed by atoms with Crippen LogP contribution >= 0.6 is 11.6 Å². The number of nitrogens with zero attached hydrogens (tertiary/aromatic N) is 2. The Morgan fingerprint density at radius 3 is 3.11 bits per heavy atom. The molecule has 0 unspecified atom stereocenters. The van der Waals surface area contributed by atoms with E-state index in [-0.39, 0.29) is 11.9 Å². The number of likely N-dealkylation sites (tertiary alicyclic amines) is 1. The van der Waals surface area contributed by atoms with E-state index in [1.54, 1.807) is 12.3 Å². The molecule has 18 heavy (non-hydrogen) atoms. The standard InChI is InChI=1S/C13H18ClN3O/c1-9-3-2-6-17(12(9)7-15)13(18)10-4-5-16-8-11(10)14/h4-5,8-9,12H,2-3,6-7,15H2,1H3/t9-,12-/m1/s1. The first-order chi connectivity index (χ1) is 8.65. The van der Waals surface area contributed by atoms with Crippen LogP contribution in [0.1, 0.15) is 30.1 Å². The summed E-state index contributed by atoms with van der Waals surface area (Å²) < 4.78 is 0. The van der Waals surface area contributed by atoms with Crippen molar-refractivity contribution in [1.29, 1.82) is 0 Å². The lowest BCUT2D eigenvalue weighted by molar-refractivity contribution is 0.0532. The lowest BCUT2D eigenvalue weighted by atomic mass is 9.90. The highest BCUT2D eigenvalue weighted by molar-refractivity contribution is 6.33. The highest BCUT2D eigenvalue weighted by Crippen LogP contribution is 2.26. The molecule has 2 N–H and O–H groups in total. The van der Waals surface area contributed by atoms with E-state index in [1.807, 2.05) is 4.90 Å². The van der Waals surface area contributed by atoms with Gasteiger partial charge in [-0.2, -0.15) is 0 Å². The zero-order chi connectivity index (χ0) is 13.1. The van der Waals surface area contributed by atoms with Gasteiger partial charge in [-0.05, 0) is 24.8 Å². The monoisotopic (exact) mass is 267 g/mol. The molecule has 0 bridgehead atoms. The highest BCUT2D eigenvalue weighted by Gasteiger charge is 2.31. The summed E-state index contributed by atoms with van der Waals surface area (Å²) in [6.45, 7) is 3.39. The average molecular weight is 268 g/mol. The largest absolute Gasteiger partial charge is 0.334 e. The molecule has 98 valence electrons. The van der Waals surface area contributed by atoms with E-state index in [0.29, 0.717) is 23.0 Å². The van der Waals surface area contributed by atoms with E-state index in [1.165, 1.54) is 6.20 Å². The molecule has 2 atom stereocenters. The van der Waals surface area contributed by atoms with Gasteiger partial charge in [0.15, 0.2) is 0 Å². The summed E-state index contributed by atoms with van der Waals surface area (Å²) in [6.07, 6.45) is 5.23. The SMILES string of the molecule is C[C@@H]1CCCN(C(=O)c2ccncc2Cl)[C@@H]1CN. The molecule has 1 aliphatic heterocycles. The molecular weight excluding hydrogens is 250 g/mol. The molecule has 1 aromatic heterocycles. The number of pyridine rings is 1. The minimum Gasteiger partial charge on any atom is -0.334 e. The first kappa shape index (κ1) is 13.3. The van der Waals surface area contributed by atoms with Gasteiger partial charge >= 0.3 is 0 Å². The summed E-state index contributed by atoms with van der Waals surface area (Å²) >= 11 is 6.02. The molecule has 1 aromatic rings. The van der Waals surface area contributed by atoms with Gasteiger partial charge in [0.25, 0.3) is 5.91 Å². The molecule has 5 heteroatoms. The predicted molar refractivity (Wildman–Crippen MR) is 71.5 cm³/mol. The van der Waals surface area contributed by atoms with Crippen molar-refractivity contribution in [1.82, 2.24) is 9.88 Å². The third kappa shape index (κ3) is 2.49. The van der Waals surface area contributed by atoms with Crippen LogP contribution in [-0.4, -0.2) is 34.9 Å². The minimum absolute atomic E-state index is 0.0376. The fourth-order valence-corrected chi connectivity index (χ4v) is 2.76. The smallest absolute Gasteiger partial charge is 0.255 e. The lowest BCUT2D eigenvalue weighted by Crippen LogP contribution is -2.51.